The maximum Gasteiger partial charge on any atom is 0.279 e. The maximum atomic E-state index is 11.6. The number of anilines is 2. The van der Waals surface area contributed by atoms with E-state index in [2.05, 4.69) is 20.3 Å². The van der Waals surface area contributed by atoms with Crippen LogP contribution in [0.4, 0.5) is 10.8 Å². The summed E-state index contributed by atoms with van der Waals surface area (Å²) in [6.45, 7) is 0. The van der Waals surface area contributed by atoms with Crippen molar-refractivity contribution in [3.05, 3.63) is 21.9 Å². The molecule has 0 radical (unpaired) electrons. The molecule has 0 aliphatic carbocycles. The van der Waals surface area contributed by atoms with Crippen LogP contribution in [-0.4, -0.2) is 26.3 Å². The minimum atomic E-state index is -0.424. The molecule has 84 valence electrons. The van der Waals surface area contributed by atoms with Gasteiger partial charge in [-0.15, -0.1) is 11.3 Å². The van der Waals surface area contributed by atoms with Crippen molar-refractivity contribution in [1.82, 2.24) is 15.0 Å². The summed E-state index contributed by atoms with van der Waals surface area (Å²) < 4.78 is 0. The van der Waals surface area contributed by atoms with E-state index < -0.39 is 5.56 Å². The first-order valence-electron chi connectivity index (χ1n) is 4.24. The minimum Gasteiger partial charge on any atom is -0.492 e. The highest BCUT2D eigenvalue weighted by atomic mass is 32.2. The molecule has 0 atom stereocenters. The van der Waals surface area contributed by atoms with Crippen molar-refractivity contribution >= 4 is 33.9 Å². The van der Waals surface area contributed by atoms with Crippen LogP contribution in [0.5, 0.6) is 5.88 Å². The van der Waals surface area contributed by atoms with Gasteiger partial charge in [0.2, 0.25) is 5.88 Å². The summed E-state index contributed by atoms with van der Waals surface area (Å²) in [7, 11) is 0. The Kier molecular flexibility index (Phi) is 3.11. The van der Waals surface area contributed by atoms with E-state index in [9.17, 15) is 9.90 Å². The summed E-state index contributed by atoms with van der Waals surface area (Å²) in [6.07, 6.45) is 3.35. The van der Waals surface area contributed by atoms with E-state index in [1.165, 1.54) is 23.1 Å². The molecule has 2 rings (SSSR count). The summed E-state index contributed by atoms with van der Waals surface area (Å²) in [5.41, 5.74) is -0.417. The monoisotopic (exact) mass is 256 g/mol. The fraction of sp³-hybridized carbons (Fsp3) is 0.125. The molecule has 0 spiro atoms. The van der Waals surface area contributed by atoms with Gasteiger partial charge in [-0.1, -0.05) is 11.8 Å². The third-order valence-electron chi connectivity index (χ3n) is 1.74. The summed E-state index contributed by atoms with van der Waals surface area (Å²) in [5.74, 6) is -0.330. The number of hydrogen-bond acceptors (Lipinski definition) is 7. The van der Waals surface area contributed by atoms with E-state index in [1.54, 1.807) is 17.8 Å². The van der Waals surface area contributed by atoms with Gasteiger partial charge in [0.05, 0.1) is 0 Å². The molecule has 0 amide bonds. The number of aromatic hydroxyl groups is 1. The first-order chi connectivity index (χ1) is 7.70. The van der Waals surface area contributed by atoms with Crippen LogP contribution in [0.3, 0.4) is 0 Å². The van der Waals surface area contributed by atoms with E-state index in [-0.39, 0.29) is 11.6 Å². The van der Waals surface area contributed by atoms with Crippen LogP contribution in [-0.2, 0) is 0 Å². The van der Waals surface area contributed by atoms with Gasteiger partial charge in [0.1, 0.15) is 0 Å². The Hall–Kier alpha value is -1.54. The fourth-order valence-corrected chi connectivity index (χ4v) is 1.95. The molecule has 0 aliphatic heterocycles. The standard InChI is InChI=1S/C8H8N4O2S2/c1-15-8-11-5(13)4(6(14)12-8)10-7-9-2-3-16-7/h2-3H,1H3,(H,9,10)(H2,11,12,13,14). The lowest BCUT2D eigenvalue weighted by Crippen LogP contribution is -2.13. The second-order valence-corrected chi connectivity index (χ2v) is 4.43. The van der Waals surface area contributed by atoms with Gasteiger partial charge in [-0.25, -0.2) is 4.98 Å². The molecule has 2 aromatic rings. The topological polar surface area (TPSA) is 90.9 Å². The normalized spacial score (nSPS) is 10.3. The lowest BCUT2D eigenvalue weighted by molar-refractivity contribution is 0.447. The molecule has 0 unspecified atom stereocenters. The number of aromatic amines is 1. The van der Waals surface area contributed by atoms with Gasteiger partial charge in [0.15, 0.2) is 16.0 Å². The Balaban J connectivity index is 2.38. The van der Waals surface area contributed by atoms with Crippen molar-refractivity contribution in [2.75, 3.05) is 11.6 Å². The molecule has 0 bridgehead atoms. The third-order valence-corrected chi connectivity index (χ3v) is 3.00. The summed E-state index contributed by atoms with van der Waals surface area (Å²) in [4.78, 5) is 21.9. The van der Waals surface area contributed by atoms with Crippen molar-refractivity contribution in [2.24, 2.45) is 0 Å². The summed E-state index contributed by atoms with van der Waals surface area (Å²) in [6, 6.07) is 0. The van der Waals surface area contributed by atoms with Gasteiger partial charge in [0.25, 0.3) is 5.56 Å². The molecule has 0 aliphatic rings. The summed E-state index contributed by atoms with van der Waals surface area (Å²) >= 11 is 2.57. The highest BCUT2D eigenvalue weighted by molar-refractivity contribution is 7.98. The van der Waals surface area contributed by atoms with Crippen molar-refractivity contribution < 1.29 is 5.11 Å². The first-order valence-corrected chi connectivity index (χ1v) is 6.35. The Morgan fingerprint density at radius 2 is 2.44 bits per heavy atom. The van der Waals surface area contributed by atoms with Gasteiger partial charge in [-0.2, -0.15) is 4.98 Å². The van der Waals surface area contributed by atoms with E-state index >= 15 is 0 Å². The van der Waals surface area contributed by atoms with Crippen LogP contribution in [0, 0.1) is 0 Å². The maximum absolute atomic E-state index is 11.6. The smallest absolute Gasteiger partial charge is 0.279 e. The predicted octanol–water partition coefficient (Wildman–Crippen LogP) is 1.40. The molecule has 3 N–H and O–H groups in total. The molecule has 8 heteroatoms. The van der Waals surface area contributed by atoms with Crippen molar-refractivity contribution in [3.63, 3.8) is 0 Å². The SMILES string of the molecule is CSc1nc(O)c(Nc2nccs2)c(=O)[nH]1. The average Bonchev–Trinajstić information content (AvgIpc) is 2.75. The van der Waals surface area contributed by atoms with Gasteiger partial charge in [0, 0.05) is 11.6 Å². The molecule has 0 saturated carbocycles. The Labute approximate surface area is 98.8 Å². The second-order valence-electron chi connectivity index (χ2n) is 2.74. The van der Waals surface area contributed by atoms with E-state index in [1.807, 2.05) is 0 Å². The largest absolute Gasteiger partial charge is 0.492 e. The number of thioether (sulfide) groups is 1. The Bertz CT molecular complexity index is 537. The predicted molar refractivity (Wildman–Crippen MR) is 63.7 cm³/mol. The van der Waals surface area contributed by atoms with Crippen LogP contribution in [0.1, 0.15) is 0 Å². The minimum absolute atomic E-state index is 0.00718. The molecule has 0 aromatic carbocycles. The van der Waals surface area contributed by atoms with Crippen LogP contribution in [0.25, 0.3) is 0 Å². The first kappa shape index (κ1) is 11.0. The van der Waals surface area contributed by atoms with Gasteiger partial charge in [-0.05, 0) is 6.26 Å². The van der Waals surface area contributed by atoms with Crippen molar-refractivity contribution in [1.29, 1.82) is 0 Å². The molecular weight excluding hydrogens is 248 g/mol. The molecular formula is C8H8N4O2S2. The number of thiazole rings is 1. The molecule has 0 fully saturated rings. The van der Waals surface area contributed by atoms with Crippen LogP contribution < -0.4 is 10.9 Å². The highest BCUT2D eigenvalue weighted by Crippen LogP contribution is 2.23. The fourth-order valence-electron chi connectivity index (χ4n) is 1.04. The number of rotatable bonds is 3. The average molecular weight is 256 g/mol. The van der Waals surface area contributed by atoms with Gasteiger partial charge in [-0.3, -0.25) is 9.78 Å². The van der Waals surface area contributed by atoms with E-state index in [0.717, 1.165) is 0 Å². The number of hydrogen-bond donors (Lipinski definition) is 3. The summed E-state index contributed by atoms with van der Waals surface area (Å²) in [5, 5.41) is 14.9. The third kappa shape index (κ3) is 2.17. The lowest BCUT2D eigenvalue weighted by atomic mass is 10.5. The lowest BCUT2D eigenvalue weighted by Gasteiger charge is -2.04. The molecule has 2 aromatic heterocycles. The van der Waals surface area contributed by atoms with Crippen molar-refractivity contribution in [2.45, 2.75) is 5.16 Å². The zero-order chi connectivity index (χ0) is 11.5. The second kappa shape index (κ2) is 4.54. The van der Waals surface area contributed by atoms with Crippen LogP contribution in [0.15, 0.2) is 21.5 Å². The van der Waals surface area contributed by atoms with Crippen LogP contribution >= 0.6 is 23.1 Å². The molecule has 6 nitrogen and oxygen atoms in total. The Morgan fingerprint density at radius 3 is 3.00 bits per heavy atom. The van der Waals surface area contributed by atoms with Crippen molar-refractivity contribution in [3.8, 4) is 5.88 Å². The zero-order valence-electron chi connectivity index (χ0n) is 8.22. The van der Waals surface area contributed by atoms with E-state index in [0.29, 0.717) is 10.3 Å². The number of aromatic nitrogens is 3. The quantitative estimate of drug-likeness (QED) is 0.568. The van der Waals surface area contributed by atoms with Gasteiger partial charge < -0.3 is 10.4 Å². The molecule has 2 heterocycles. The molecule has 0 saturated heterocycles. The van der Waals surface area contributed by atoms with E-state index in [4.69, 9.17) is 0 Å². The number of nitrogens with zero attached hydrogens (tertiary/aromatic N) is 2. The Morgan fingerprint density at radius 1 is 1.62 bits per heavy atom. The molecule has 16 heavy (non-hydrogen) atoms. The number of H-pyrrole nitrogens is 1. The number of nitrogens with one attached hydrogen (secondary N) is 2. The van der Waals surface area contributed by atoms with Gasteiger partial charge >= 0.3 is 0 Å². The highest BCUT2D eigenvalue weighted by Gasteiger charge is 2.11. The van der Waals surface area contributed by atoms with Crippen LogP contribution in [0.2, 0.25) is 0 Å². The zero-order valence-corrected chi connectivity index (χ0v) is 9.85.